The van der Waals surface area contributed by atoms with Crippen LogP contribution in [-0.2, 0) is 54.3 Å². The number of aliphatic hydroxyl groups is 2. The molecule has 106 heavy (non-hydrogen) atoms. The topological polar surface area (TPSA) is 410 Å². The maximum atomic E-state index is 15.2. The van der Waals surface area contributed by atoms with Crippen LogP contribution in [0.4, 0.5) is 21.9 Å². The number of unbranched alkanes of at least 4 members (excludes halogenated alkanes) is 2. The van der Waals surface area contributed by atoms with Crippen molar-refractivity contribution >= 4 is 92.2 Å². The summed E-state index contributed by atoms with van der Waals surface area (Å²) in [7, 11) is 3.43. The minimum atomic E-state index is -2.15. The number of amides is 8. The van der Waals surface area contributed by atoms with Gasteiger partial charge in [-0.1, -0.05) is 78.3 Å². The van der Waals surface area contributed by atoms with Crippen LogP contribution in [0.15, 0.2) is 93.9 Å². The lowest BCUT2D eigenvalue weighted by atomic mass is 9.78. The highest BCUT2D eigenvalue weighted by molar-refractivity contribution is 6.22. The van der Waals surface area contributed by atoms with Gasteiger partial charge in [0.1, 0.15) is 52.3 Å². The number of ether oxygens (including phenoxy) is 4. The molecule has 1 saturated heterocycles. The zero-order valence-electron chi connectivity index (χ0n) is 61.9. The zero-order chi connectivity index (χ0) is 77.3. The van der Waals surface area contributed by atoms with Crippen LogP contribution in [0, 0.1) is 36.5 Å². The summed E-state index contributed by atoms with van der Waals surface area (Å²) in [6.45, 7) is 17.8. The minimum absolute atomic E-state index is 0.00113. The molecule has 0 unspecified atom stereocenters. The molecular weight excluding hydrogens is 1370 g/mol. The van der Waals surface area contributed by atoms with E-state index < -0.39 is 124 Å². The van der Waals surface area contributed by atoms with Gasteiger partial charge in [-0.25, -0.2) is 9.78 Å². The molecule has 1 fully saturated rings. The summed E-state index contributed by atoms with van der Waals surface area (Å²) >= 11 is 0. The first kappa shape index (κ1) is 79.9. The Bertz CT molecular complexity index is 4310. The number of hydrogen-bond acceptors (Lipinski definition) is 22. The first-order valence-corrected chi connectivity index (χ1v) is 35.9. The number of benzene rings is 4. The third kappa shape index (κ3) is 18.0. The Hall–Kier alpha value is -10.2. The predicted octanol–water partition coefficient (Wildman–Crippen LogP) is 7.25. The zero-order valence-corrected chi connectivity index (χ0v) is 61.9. The number of methoxy groups -OCH3 is 1. The van der Waals surface area contributed by atoms with E-state index in [1.807, 2.05) is 19.2 Å². The number of hydrogen-bond donors (Lipinski definition) is 10. The van der Waals surface area contributed by atoms with E-state index in [2.05, 4.69) is 36.4 Å². The van der Waals surface area contributed by atoms with Gasteiger partial charge < -0.3 is 81.0 Å². The molecular formula is C77H98N10O19. The standard InChI is InChI=1S/C77H98N10O19/c1-39(2)61(82-55(90)21-14-13-15-32-87-56(91)26-27-57(87)92)75(100)81-51(20-17-31-79-76(78)101)74(99)80-48-24-22-47(23-25-48)38-85(11)49-28-33-86(34-29-49)50-36-52(89)62-54(37-50)105-71-63(83-62)58-59-67(95)45(8)70-60(58)72(97)77(10,106-70)103-35-30-53(102-12)42(5)69(104-46(9)88)44(7)66(94)43(6)65(93)40(3)18-16-19-41(4)73(98)84-64(71)68(59)96/h16,18-19,22-27,30,35-37,39-40,42-44,49,51,53,61,65-66,69,89,93-95H,13-15,17,20-21,28-29,31-34,38H2,1-12H3,(H,80,99)(H,81,100)(H,82,90)(H,84,98)(H3,78,79,101)/b18-16+,35-30+,41-19-/t40-,42+,43+,44+,51-,53-,61-,65-,66+,69+,77-/m0/s1. The van der Waals surface area contributed by atoms with Gasteiger partial charge >= 0.3 is 17.8 Å². The molecule has 3 aromatic rings. The second-order valence-corrected chi connectivity index (χ2v) is 28.6. The molecule has 11 N–H and O–H groups in total. The molecule has 0 saturated carbocycles. The number of anilines is 3. The fourth-order valence-corrected chi connectivity index (χ4v) is 14.2. The van der Waals surface area contributed by atoms with E-state index in [1.54, 1.807) is 71.9 Å². The van der Waals surface area contributed by atoms with Gasteiger partial charge in [0, 0.05) is 142 Å². The van der Waals surface area contributed by atoms with Gasteiger partial charge in [-0.05, 0) is 89.1 Å². The quantitative estimate of drug-likeness (QED) is 0.0107. The highest BCUT2D eigenvalue weighted by atomic mass is 16.7. The van der Waals surface area contributed by atoms with Crippen LogP contribution in [0.5, 0.6) is 17.2 Å². The Morgan fingerprint density at radius 2 is 1.56 bits per heavy atom. The maximum absolute atomic E-state index is 15.2. The van der Waals surface area contributed by atoms with Gasteiger partial charge in [-0.15, -0.1) is 0 Å². The highest BCUT2D eigenvalue weighted by Gasteiger charge is 2.50. The molecule has 0 radical (unpaired) electrons. The third-order valence-corrected chi connectivity index (χ3v) is 20.6. The summed E-state index contributed by atoms with van der Waals surface area (Å²) in [5.74, 6) is -11.0. The van der Waals surface area contributed by atoms with Gasteiger partial charge in [-0.3, -0.25) is 53.0 Å². The summed E-state index contributed by atoms with van der Waals surface area (Å²) < 4.78 is 30.7. The van der Waals surface area contributed by atoms with E-state index in [0.29, 0.717) is 63.1 Å². The number of primary amides is 1. The molecule has 570 valence electrons. The average molecular weight is 1470 g/mol. The normalized spacial score (nSPS) is 24.2. The van der Waals surface area contributed by atoms with Crippen molar-refractivity contribution in [3.63, 3.8) is 0 Å². The molecule has 9 rings (SSSR count). The number of Topliss-reactive ketones (excluding diaryl/α,β-unsaturated/α-hetero) is 1. The number of rotatable bonds is 22. The Labute approximate surface area is 614 Å². The Kier molecular flexibility index (Phi) is 25.9. The lowest BCUT2D eigenvalue weighted by molar-refractivity contribution is -0.160. The van der Waals surface area contributed by atoms with Gasteiger partial charge in [0.25, 0.3) is 23.5 Å². The number of aromatic nitrogens is 1. The second kappa shape index (κ2) is 34.3. The Morgan fingerprint density at radius 3 is 2.21 bits per heavy atom. The van der Waals surface area contributed by atoms with E-state index in [0.717, 1.165) is 10.5 Å². The SMILES string of the molecule is CO[C@H]1/C=C/O[C@@]2(C)Oc3c(C)c(O)c4c(=O)c(c5oc6cc(N7CCC(N(C)Cc8ccc(NC(=O)[C@H](CCCNC(N)=O)NC(=O)[C@@H](NC(=O)CCCCCN9C(=O)C=CC9=O)C(C)C)cc8)CC7)cc(O)c6nc-5c4c3C2=O)NC(=O)/C(C)=C\C=C\[C@H](C)[C@H](O)[C@@H](C)[C@@H](O)[C@@H](C)[C@H](OC(C)=O)[C@@H]1C. The van der Waals surface area contributed by atoms with Crippen molar-refractivity contribution in [2.75, 3.05) is 55.9 Å². The van der Waals surface area contributed by atoms with Gasteiger partial charge in [-0.2, -0.15) is 0 Å². The van der Waals surface area contributed by atoms with Crippen LogP contribution < -0.4 is 47.4 Å². The number of phenolic OH excluding ortho intramolecular Hbond substituents is 2. The van der Waals surface area contributed by atoms with Crippen LogP contribution in [0.25, 0.3) is 33.3 Å². The van der Waals surface area contributed by atoms with Crippen LogP contribution in [0.1, 0.15) is 135 Å². The van der Waals surface area contributed by atoms with Gasteiger partial charge in [0.15, 0.2) is 11.3 Å². The molecule has 0 spiro atoms. The van der Waals surface area contributed by atoms with E-state index in [-0.39, 0.29) is 118 Å². The number of imide groups is 1. The number of nitrogens with two attached hydrogens (primary N) is 1. The molecule has 8 amide bonds. The Morgan fingerprint density at radius 1 is 0.868 bits per heavy atom. The van der Waals surface area contributed by atoms with Crippen molar-refractivity contribution < 1.29 is 86.9 Å². The van der Waals surface area contributed by atoms with Crippen molar-refractivity contribution in [3.05, 3.63) is 112 Å². The van der Waals surface area contributed by atoms with Crippen molar-refractivity contribution in [2.45, 2.75) is 175 Å². The van der Waals surface area contributed by atoms with E-state index >= 15 is 9.59 Å². The van der Waals surface area contributed by atoms with Crippen molar-refractivity contribution in [3.8, 4) is 28.7 Å². The van der Waals surface area contributed by atoms with E-state index in [9.17, 15) is 58.8 Å². The number of carbonyl (C=O) groups excluding carboxylic acids is 9. The van der Waals surface area contributed by atoms with Crippen molar-refractivity contribution in [1.29, 1.82) is 0 Å². The number of piperidine rings is 1. The largest absolute Gasteiger partial charge is 0.507 e. The number of esters is 1. The monoisotopic (exact) mass is 1470 g/mol. The number of carbonyl (C=O) groups is 9. The van der Waals surface area contributed by atoms with E-state index in [1.165, 1.54) is 71.4 Å². The summed E-state index contributed by atoms with van der Waals surface area (Å²) in [6, 6.07) is 7.76. The first-order valence-electron chi connectivity index (χ1n) is 35.9. The summed E-state index contributed by atoms with van der Waals surface area (Å²) in [6.07, 6.45) is 9.00. The molecule has 29 nitrogen and oxygen atoms in total. The van der Waals surface area contributed by atoms with E-state index in [4.69, 9.17) is 34.1 Å². The lowest BCUT2D eigenvalue weighted by Crippen LogP contribution is -2.54. The molecule has 1 aliphatic carbocycles. The Balaban J connectivity index is 0.922. The number of nitrogens with one attached hydrogen (secondary N) is 5. The predicted molar refractivity (Wildman–Crippen MR) is 394 cm³/mol. The number of ketones is 1. The number of aliphatic hydroxyl groups excluding tert-OH is 2. The summed E-state index contributed by atoms with van der Waals surface area (Å²) in [4.78, 5) is 144. The second-order valence-electron chi connectivity index (χ2n) is 28.6. The van der Waals surface area contributed by atoms with Gasteiger partial charge in [0.05, 0.1) is 35.5 Å². The minimum Gasteiger partial charge on any atom is -0.507 e. The smallest absolute Gasteiger partial charge is 0.312 e. The molecule has 5 heterocycles. The molecule has 0 aromatic heterocycles. The van der Waals surface area contributed by atoms with Crippen LogP contribution in [-0.4, -0.2) is 177 Å². The number of aromatic hydroxyl groups is 2. The number of phenols is 2. The molecule has 6 aliphatic rings. The van der Waals surface area contributed by atoms with Crippen LogP contribution in [0.3, 0.4) is 0 Å². The summed E-state index contributed by atoms with van der Waals surface area (Å²) in [5, 5.41) is 60.4. The third-order valence-electron chi connectivity index (χ3n) is 20.6. The fraction of sp³-hybridized carbons (Fsp3) is 0.494. The molecule has 3 aromatic carbocycles. The first-order chi connectivity index (χ1) is 50.2. The molecule has 5 aliphatic heterocycles. The fourth-order valence-electron chi connectivity index (χ4n) is 14.2. The van der Waals surface area contributed by atoms with Crippen molar-refractivity contribution in [1.82, 2.24) is 30.7 Å². The number of allylic oxidation sites excluding steroid dienone is 2. The summed E-state index contributed by atoms with van der Waals surface area (Å²) in [5.41, 5.74) is 5.41. The maximum Gasteiger partial charge on any atom is 0.312 e. The lowest BCUT2D eigenvalue weighted by Gasteiger charge is -2.38. The molecule has 29 heteroatoms. The van der Waals surface area contributed by atoms with Crippen molar-refractivity contribution in [2.24, 2.45) is 35.3 Å². The highest BCUT2D eigenvalue weighted by Crippen LogP contribution is 2.51. The number of fused-ring (bicyclic) bond motifs is 2. The number of nitrogens with zero attached hydrogens (tertiary/aromatic N) is 4. The van der Waals surface area contributed by atoms with Gasteiger partial charge in [0.2, 0.25) is 23.2 Å². The molecule has 4 bridgehead atoms. The van der Waals surface area contributed by atoms with Crippen LogP contribution in [0.2, 0.25) is 0 Å². The average Bonchev–Trinajstić information content (AvgIpc) is 1.42. The molecule has 11 atom stereocenters. The number of urea groups is 1. The van der Waals surface area contributed by atoms with Crippen LogP contribution >= 0.6 is 0 Å².